The molecule has 1 N–H and O–H groups in total. The van der Waals surface area contributed by atoms with Gasteiger partial charge < -0.3 is 5.11 Å². The van der Waals surface area contributed by atoms with E-state index >= 15 is 0 Å². The molecule has 1 aromatic heterocycles. The predicted octanol–water partition coefficient (Wildman–Crippen LogP) is 3.54. The van der Waals surface area contributed by atoms with Crippen LogP contribution in [0.2, 0.25) is 0 Å². The Balaban J connectivity index is 0.000000229. The molecule has 6 heteroatoms. The summed E-state index contributed by atoms with van der Waals surface area (Å²) < 4.78 is 36.7. The van der Waals surface area contributed by atoms with Gasteiger partial charge in [-0.15, -0.1) is 6.58 Å². The molecular weight excluding hydrogens is 317 g/mol. The standard InChI is InChI=1S/C11H11NO3S.C6H5F/c1-2-8-16(14,15)12-7-6-9-10(12)4-3-5-11(9)13;7-6-4-2-1-3-5-6/h2-7,13H,1,8H2;1-5H. The zero-order valence-electron chi connectivity index (χ0n) is 12.3. The Morgan fingerprint density at radius 3 is 2.35 bits per heavy atom. The number of phenolic OH excluding ortho intramolecular Hbond substituents is 1. The van der Waals surface area contributed by atoms with Crippen LogP contribution in [0.1, 0.15) is 0 Å². The summed E-state index contributed by atoms with van der Waals surface area (Å²) in [5, 5.41) is 10.1. The summed E-state index contributed by atoms with van der Waals surface area (Å²) in [7, 11) is -3.42. The second-order valence-electron chi connectivity index (χ2n) is 4.68. The normalized spacial score (nSPS) is 10.8. The fourth-order valence-corrected chi connectivity index (χ4v) is 3.18. The van der Waals surface area contributed by atoms with Gasteiger partial charge >= 0.3 is 0 Å². The molecule has 0 aliphatic heterocycles. The summed E-state index contributed by atoms with van der Waals surface area (Å²) >= 11 is 0. The maximum absolute atomic E-state index is 11.9. The van der Waals surface area contributed by atoms with Gasteiger partial charge in [0.2, 0.25) is 10.0 Å². The molecule has 0 aliphatic carbocycles. The van der Waals surface area contributed by atoms with Gasteiger partial charge in [0.1, 0.15) is 11.6 Å². The SMILES string of the molecule is C=CCS(=O)(=O)n1ccc2c(O)cccc21.Fc1ccccc1. The van der Waals surface area contributed by atoms with Gasteiger partial charge in [0, 0.05) is 11.6 Å². The minimum absolute atomic E-state index is 0.0741. The van der Waals surface area contributed by atoms with Crippen LogP contribution in [0.15, 0.2) is 73.4 Å². The van der Waals surface area contributed by atoms with Crippen molar-refractivity contribution in [1.29, 1.82) is 0 Å². The Hall–Kier alpha value is -2.60. The van der Waals surface area contributed by atoms with Gasteiger partial charge in [-0.05, 0) is 30.3 Å². The number of phenols is 1. The molecule has 3 aromatic rings. The van der Waals surface area contributed by atoms with Gasteiger partial charge in [-0.1, -0.05) is 30.3 Å². The number of rotatable bonds is 3. The zero-order valence-corrected chi connectivity index (χ0v) is 13.1. The van der Waals surface area contributed by atoms with E-state index < -0.39 is 10.0 Å². The largest absolute Gasteiger partial charge is 0.507 e. The monoisotopic (exact) mass is 333 g/mol. The third-order valence-corrected chi connectivity index (χ3v) is 4.61. The number of hydrogen-bond acceptors (Lipinski definition) is 3. The van der Waals surface area contributed by atoms with Crippen LogP contribution >= 0.6 is 0 Å². The number of hydrogen-bond donors (Lipinski definition) is 1. The molecule has 120 valence electrons. The summed E-state index contributed by atoms with van der Waals surface area (Å²) in [4.78, 5) is 0. The highest BCUT2D eigenvalue weighted by Gasteiger charge is 2.14. The van der Waals surface area contributed by atoms with Crippen LogP contribution in [-0.2, 0) is 10.0 Å². The average Bonchev–Trinajstić information content (AvgIpc) is 2.95. The fraction of sp³-hybridized carbons (Fsp3) is 0.0588. The van der Waals surface area contributed by atoms with Crippen molar-refractivity contribution in [2.75, 3.05) is 5.75 Å². The number of aromatic hydroxyl groups is 1. The number of fused-ring (bicyclic) bond motifs is 1. The van der Waals surface area contributed by atoms with Crippen molar-refractivity contribution in [2.45, 2.75) is 0 Å². The summed E-state index contributed by atoms with van der Waals surface area (Å²) in [5.41, 5.74) is 0.474. The smallest absolute Gasteiger partial charge is 0.242 e. The van der Waals surface area contributed by atoms with Crippen molar-refractivity contribution >= 4 is 20.9 Å². The van der Waals surface area contributed by atoms with Crippen LogP contribution < -0.4 is 0 Å². The van der Waals surface area contributed by atoms with Crippen molar-refractivity contribution in [3.05, 3.63) is 79.3 Å². The van der Waals surface area contributed by atoms with Crippen LogP contribution in [0.5, 0.6) is 5.75 Å². The van der Waals surface area contributed by atoms with Crippen molar-refractivity contribution in [1.82, 2.24) is 3.97 Å². The molecule has 0 radical (unpaired) electrons. The third-order valence-electron chi connectivity index (χ3n) is 3.04. The Morgan fingerprint density at radius 1 is 1.09 bits per heavy atom. The first-order valence-electron chi connectivity index (χ1n) is 6.79. The maximum Gasteiger partial charge on any atom is 0.242 e. The van der Waals surface area contributed by atoms with Crippen LogP contribution in [0.4, 0.5) is 4.39 Å². The Kier molecular flexibility index (Phi) is 5.18. The number of aromatic nitrogens is 1. The molecule has 23 heavy (non-hydrogen) atoms. The van der Waals surface area contributed by atoms with E-state index in [2.05, 4.69) is 6.58 Å². The lowest BCUT2D eigenvalue weighted by Gasteiger charge is -2.04. The minimum atomic E-state index is -3.42. The van der Waals surface area contributed by atoms with Crippen molar-refractivity contribution < 1.29 is 17.9 Å². The van der Waals surface area contributed by atoms with Crippen molar-refractivity contribution in [3.8, 4) is 5.75 Å². The van der Waals surface area contributed by atoms with Gasteiger partial charge in [0.05, 0.1) is 11.3 Å². The first-order chi connectivity index (χ1) is 11.0. The molecule has 0 fully saturated rings. The number of nitrogens with zero attached hydrogens (tertiary/aromatic N) is 1. The summed E-state index contributed by atoms with van der Waals surface area (Å²) in [5.74, 6) is -0.237. The van der Waals surface area contributed by atoms with Crippen molar-refractivity contribution in [3.63, 3.8) is 0 Å². The Bertz CT molecular complexity index is 902. The highest BCUT2D eigenvalue weighted by atomic mass is 32.2. The Labute approximate surface area is 134 Å². The lowest BCUT2D eigenvalue weighted by atomic mass is 10.2. The Morgan fingerprint density at radius 2 is 1.78 bits per heavy atom. The predicted molar refractivity (Wildman–Crippen MR) is 89.4 cm³/mol. The molecule has 4 nitrogen and oxygen atoms in total. The molecular formula is C17H16FNO3S. The van der Waals surface area contributed by atoms with Gasteiger partial charge in [0.15, 0.2) is 0 Å². The lowest BCUT2D eigenvalue weighted by molar-refractivity contribution is 0.481. The molecule has 2 aromatic carbocycles. The van der Waals surface area contributed by atoms with E-state index in [-0.39, 0.29) is 17.3 Å². The number of benzene rings is 2. The summed E-state index contributed by atoms with van der Waals surface area (Å²) in [6.07, 6.45) is 2.77. The van der Waals surface area contributed by atoms with E-state index in [4.69, 9.17) is 0 Å². The highest BCUT2D eigenvalue weighted by Crippen LogP contribution is 2.26. The number of halogens is 1. The first kappa shape index (κ1) is 16.8. The molecule has 0 spiro atoms. The average molecular weight is 333 g/mol. The lowest BCUT2D eigenvalue weighted by Crippen LogP contribution is -2.13. The minimum Gasteiger partial charge on any atom is -0.507 e. The van der Waals surface area contributed by atoms with E-state index in [0.717, 1.165) is 3.97 Å². The van der Waals surface area contributed by atoms with E-state index in [1.807, 2.05) is 0 Å². The fourth-order valence-electron chi connectivity index (χ4n) is 2.01. The van der Waals surface area contributed by atoms with E-state index in [1.54, 1.807) is 36.4 Å². The van der Waals surface area contributed by atoms with E-state index in [9.17, 15) is 17.9 Å². The van der Waals surface area contributed by atoms with Crippen LogP contribution in [0.3, 0.4) is 0 Å². The molecule has 3 rings (SSSR count). The second-order valence-corrected chi connectivity index (χ2v) is 6.57. The van der Waals surface area contributed by atoms with Crippen LogP contribution in [0.25, 0.3) is 10.9 Å². The van der Waals surface area contributed by atoms with Gasteiger partial charge in [-0.2, -0.15) is 0 Å². The molecule has 0 bridgehead atoms. The second kappa shape index (κ2) is 7.11. The molecule has 0 amide bonds. The maximum atomic E-state index is 11.9. The summed E-state index contributed by atoms with van der Waals surface area (Å²) in [6.45, 7) is 3.41. The van der Waals surface area contributed by atoms with E-state index in [1.165, 1.54) is 30.5 Å². The molecule has 1 heterocycles. The zero-order chi connectivity index (χ0) is 16.9. The van der Waals surface area contributed by atoms with Crippen LogP contribution in [-0.4, -0.2) is 23.2 Å². The molecule has 0 aliphatic rings. The molecule has 0 atom stereocenters. The quantitative estimate of drug-likeness (QED) is 0.746. The molecule has 0 unspecified atom stereocenters. The highest BCUT2D eigenvalue weighted by molar-refractivity contribution is 7.90. The first-order valence-corrected chi connectivity index (χ1v) is 8.40. The topological polar surface area (TPSA) is 59.3 Å². The summed E-state index contributed by atoms with van der Waals surface area (Å²) in [6, 6.07) is 14.3. The van der Waals surface area contributed by atoms with E-state index in [0.29, 0.717) is 10.9 Å². The van der Waals surface area contributed by atoms with Gasteiger partial charge in [-0.3, -0.25) is 0 Å². The van der Waals surface area contributed by atoms with Gasteiger partial charge in [0.25, 0.3) is 0 Å². The third kappa shape index (κ3) is 3.98. The molecule has 0 saturated carbocycles. The van der Waals surface area contributed by atoms with Crippen molar-refractivity contribution in [2.24, 2.45) is 0 Å². The van der Waals surface area contributed by atoms with Gasteiger partial charge in [-0.25, -0.2) is 16.8 Å². The van der Waals surface area contributed by atoms with Crippen LogP contribution in [0, 0.1) is 5.82 Å². The molecule has 0 saturated heterocycles.